The molecule has 0 fully saturated rings. The molecule has 0 spiro atoms. The lowest BCUT2D eigenvalue weighted by Gasteiger charge is -2.20. The maximum atomic E-state index is 11.3. The zero-order chi connectivity index (χ0) is 19.2. The lowest BCUT2D eigenvalue weighted by atomic mass is 9.88. The third-order valence-electron chi connectivity index (χ3n) is 5.10. The van der Waals surface area contributed by atoms with Crippen LogP contribution >= 0.6 is 0 Å². The number of hydrogen-bond donors (Lipinski definition) is 2. The van der Waals surface area contributed by atoms with Crippen LogP contribution in [-0.2, 0) is 9.53 Å². The first-order chi connectivity index (χ1) is 12.6. The summed E-state index contributed by atoms with van der Waals surface area (Å²) in [6.07, 6.45) is 16.8. The summed E-state index contributed by atoms with van der Waals surface area (Å²) in [5.74, 6) is 0.315. The first kappa shape index (κ1) is 22.9. The number of carbonyl (C=O) groups is 1. The Kier molecular flexibility index (Phi) is 12.3. The van der Waals surface area contributed by atoms with Gasteiger partial charge in [-0.3, -0.25) is 4.79 Å². The number of allylic oxidation sites excluding steroid dienone is 2. The molecule has 0 saturated heterocycles. The summed E-state index contributed by atoms with van der Waals surface area (Å²) in [7, 11) is 0. The SMILES string of the molecule is CCCCCC(O)C=C[C@H]1C=C[C@@H](O)[C@H]1CCCCCCC(=O)OCC. The van der Waals surface area contributed by atoms with Crippen molar-refractivity contribution in [2.24, 2.45) is 11.8 Å². The molecule has 4 nitrogen and oxygen atoms in total. The van der Waals surface area contributed by atoms with Gasteiger partial charge in [0.2, 0.25) is 0 Å². The van der Waals surface area contributed by atoms with E-state index in [9.17, 15) is 15.0 Å². The first-order valence-corrected chi connectivity index (χ1v) is 10.5. The van der Waals surface area contributed by atoms with Crippen LogP contribution in [0.2, 0.25) is 0 Å². The average Bonchev–Trinajstić information content (AvgIpc) is 2.96. The highest BCUT2D eigenvalue weighted by atomic mass is 16.5. The lowest BCUT2D eigenvalue weighted by Crippen LogP contribution is -2.19. The largest absolute Gasteiger partial charge is 0.466 e. The number of aliphatic hydroxyl groups is 2. The number of esters is 1. The smallest absolute Gasteiger partial charge is 0.305 e. The molecule has 0 aliphatic heterocycles. The van der Waals surface area contributed by atoms with Gasteiger partial charge in [0.15, 0.2) is 0 Å². The van der Waals surface area contributed by atoms with Crippen LogP contribution in [0.1, 0.15) is 78.1 Å². The molecule has 0 aromatic rings. The Labute approximate surface area is 159 Å². The Morgan fingerprint density at radius 1 is 1.12 bits per heavy atom. The monoisotopic (exact) mass is 366 g/mol. The van der Waals surface area contributed by atoms with Crippen molar-refractivity contribution in [1.29, 1.82) is 0 Å². The molecule has 1 unspecified atom stereocenters. The van der Waals surface area contributed by atoms with Crippen LogP contribution in [0.25, 0.3) is 0 Å². The molecule has 0 saturated carbocycles. The highest BCUT2D eigenvalue weighted by Gasteiger charge is 2.28. The molecule has 0 amide bonds. The fourth-order valence-corrected chi connectivity index (χ4v) is 3.52. The topological polar surface area (TPSA) is 66.8 Å². The molecule has 0 bridgehead atoms. The zero-order valence-corrected chi connectivity index (χ0v) is 16.6. The second-order valence-corrected chi connectivity index (χ2v) is 7.32. The summed E-state index contributed by atoms with van der Waals surface area (Å²) in [5.41, 5.74) is 0. The van der Waals surface area contributed by atoms with Crippen LogP contribution < -0.4 is 0 Å². The normalized spacial score (nSPS) is 23.6. The van der Waals surface area contributed by atoms with E-state index in [2.05, 4.69) is 19.1 Å². The van der Waals surface area contributed by atoms with Gasteiger partial charge in [-0.05, 0) is 32.1 Å². The minimum atomic E-state index is -0.388. The van der Waals surface area contributed by atoms with E-state index in [1.165, 1.54) is 0 Å². The standard InChI is InChI=1S/C22H38O4/c1-3-5-8-11-19(23)16-14-18-15-17-21(24)20(18)12-9-6-7-10-13-22(25)26-4-2/h14-21,23-24H,3-13H2,1-2H3/t18-,19?,20-,21+/m0/s1. The first-order valence-electron chi connectivity index (χ1n) is 10.5. The van der Waals surface area contributed by atoms with Gasteiger partial charge in [-0.2, -0.15) is 0 Å². The van der Waals surface area contributed by atoms with Crippen molar-refractivity contribution in [3.63, 3.8) is 0 Å². The van der Waals surface area contributed by atoms with Crippen LogP contribution in [0.4, 0.5) is 0 Å². The minimum absolute atomic E-state index is 0.106. The molecule has 1 aliphatic rings. The fourth-order valence-electron chi connectivity index (χ4n) is 3.52. The maximum absolute atomic E-state index is 11.3. The molecule has 1 aliphatic carbocycles. The molecule has 0 radical (unpaired) electrons. The molecule has 26 heavy (non-hydrogen) atoms. The highest BCUT2D eigenvalue weighted by molar-refractivity contribution is 5.69. The van der Waals surface area contributed by atoms with Crippen molar-refractivity contribution < 1.29 is 19.7 Å². The van der Waals surface area contributed by atoms with E-state index in [0.717, 1.165) is 57.8 Å². The Hall–Kier alpha value is -1.13. The van der Waals surface area contributed by atoms with Gasteiger partial charge in [-0.1, -0.05) is 69.8 Å². The van der Waals surface area contributed by atoms with E-state index in [4.69, 9.17) is 4.74 Å². The van der Waals surface area contributed by atoms with Gasteiger partial charge < -0.3 is 14.9 Å². The summed E-state index contributed by atoms with van der Waals surface area (Å²) in [4.78, 5) is 11.3. The molecular formula is C22H38O4. The van der Waals surface area contributed by atoms with Gasteiger partial charge in [-0.25, -0.2) is 0 Å². The Morgan fingerprint density at radius 3 is 2.62 bits per heavy atom. The third-order valence-corrected chi connectivity index (χ3v) is 5.10. The molecule has 4 heteroatoms. The number of aliphatic hydroxyl groups excluding tert-OH is 2. The molecule has 1 rings (SSSR count). The van der Waals surface area contributed by atoms with Crippen LogP contribution in [0.3, 0.4) is 0 Å². The summed E-state index contributed by atoms with van der Waals surface area (Å²) >= 11 is 0. The van der Waals surface area contributed by atoms with Gasteiger partial charge in [0, 0.05) is 12.3 Å². The van der Waals surface area contributed by atoms with E-state index in [1.54, 1.807) is 0 Å². The third kappa shape index (κ3) is 9.54. The van der Waals surface area contributed by atoms with E-state index in [-0.39, 0.29) is 30.0 Å². The quantitative estimate of drug-likeness (QED) is 0.269. The van der Waals surface area contributed by atoms with E-state index in [1.807, 2.05) is 19.1 Å². The number of carbonyl (C=O) groups excluding carboxylic acids is 1. The van der Waals surface area contributed by atoms with Crippen LogP contribution in [0.15, 0.2) is 24.3 Å². The van der Waals surface area contributed by atoms with Gasteiger partial charge >= 0.3 is 5.97 Å². The predicted molar refractivity (Wildman–Crippen MR) is 106 cm³/mol. The molecule has 4 atom stereocenters. The summed E-state index contributed by atoms with van der Waals surface area (Å²) in [5, 5.41) is 20.2. The molecule has 0 aromatic heterocycles. The van der Waals surface area contributed by atoms with Crippen molar-refractivity contribution >= 4 is 5.97 Å². The maximum Gasteiger partial charge on any atom is 0.305 e. The van der Waals surface area contributed by atoms with Crippen molar-refractivity contribution in [2.45, 2.75) is 90.3 Å². The molecule has 2 N–H and O–H groups in total. The Morgan fingerprint density at radius 2 is 1.88 bits per heavy atom. The van der Waals surface area contributed by atoms with E-state index in [0.29, 0.717) is 13.0 Å². The van der Waals surface area contributed by atoms with Gasteiger partial charge in [0.05, 0.1) is 18.8 Å². The van der Waals surface area contributed by atoms with Crippen molar-refractivity contribution in [3.05, 3.63) is 24.3 Å². The average molecular weight is 367 g/mol. The van der Waals surface area contributed by atoms with Gasteiger partial charge in [-0.15, -0.1) is 0 Å². The van der Waals surface area contributed by atoms with E-state index < -0.39 is 0 Å². The minimum Gasteiger partial charge on any atom is -0.466 e. The Balaban J connectivity index is 2.24. The second kappa shape index (κ2) is 14.0. The predicted octanol–water partition coefficient (Wildman–Crippen LogP) is 4.55. The van der Waals surface area contributed by atoms with Crippen molar-refractivity contribution in [3.8, 4) is 0 Å². The van der Waals surface area contributed by atoms with Gasteiger partial charge in [0.25, 0.3) is 0 Å². The number of rotatable bonds is 14. The van der Waals surface area contributed by atoms with Crippen LogP contribution in [0.5, 0.6) is 0 Å². The molecule has 0 aromatic carbocycles. The van der Waals surface area contributed by atoms with Crippen molar-refractivity contribution in [1.82, 2.24) is 0 Å². The fraction of sp³-hybridized carbons (Fsp3) is 0.773. The number of unbranched alkanes of at least 4 members (excludes halogenated alkanes) is 5. The van der Waals surface area contributed by atoms with Gasteiger partial charge in [0.1, 0.15) is 0 Å². The number of ether oxygens (including phenoxy) is 1. The zero-order valence-electron chi connectivity index (χ0n) is 16.6. The van der Waals surface area contributed by atoms with Crippen LogP contribution in [-0.4, -0.2) is 35.0 Å². The molecule has 0 heterocycles. The highest BCUT2D eigenvalue weighted by Crippen LogP contribution is 2.31. The van der Waals surface area contributed by atoms with E-state index >= 15 is 0 Å². The lowest BCUT2D eigenvalue weighted by molar-refractivity contribution is -0.143. The van der Waals surface area contributed by atoms with Crippen molar-refractivity contribution in [2.75, 3.05) is 6.61 Å². The molecule has 150 valence electrons. The van der Waals surface area contributed by atoms with Crippen LogP contribution in [0, 0.1) is 11.8 Å². The Bertz CT molecular complexity index is 430. The summed E-state index contributed by atoms with van der Waals surface area (Å²) in [6.45, 7) is 4.44. The molecular weight excluding hydrogens is 328 g/mol. The summed E-state index contributed by atoms with van der Waals surface area (Å²) < 4.78 is 4.93. The summed E-state index contributed by atoms with van der Waals surface area (Å²) in [6, 6.07) is 0. The second-order valence-electron chi connectivity index (χ2n) is 7.32. The number of hydrogen-bond acceptors (Lipinski definition) is 4.